The van der Waals surface area contributed by atoms with E-state index in [0.29, 0.717) is 0 Å². The van der Waals surface area contributed by atoms with Crippen LogP contribution in [-0.4, -0.2) is 22.2 Å². The van der Waals surface area contributed by atoms with Gasteiger partial charge in [0, 0.05) is 12.1 Å². The fraction of sp³-hybridized carbons (Fsp3) is 0.250. The van der Waals surface area contributed by atoms with E-state index in [4.69, 9.17) is 5.41 Å². The highest BCUT2D eigenvalue weighted by Gasteiger charge is 2.32. The van der Waals surface area contributed by atoms with Crippen LogP contribution < -0.4 is 10.6 Å². The lowest BCUT2D eigenvalue weighted by atomic mass is 10.2. The van der Waals surface area contributed by atoms with Crippen molar-refractivity contribution < 1.29 is 22.8 Å². The van der Waals surface area contributed by atoms with Crippen molar-refractivity contribution in [2.75, 3.05) is 5.32 Å². The van der Waals surface area contributed by atoms with Crippen LogP contribution in [0.4, 0.5) is 18.9 Å². The molecule has 3 N–H and O–H groups in total. The van der Waals surface area contributed by atoms with Gasteiger partial charge in [-0.1, -0.05) is 17.8 Å². The summed E-state index contributed by atoms with van der Waals surface area (Å²) in [6, 6.07) is 4.24. The number of alkyl halides is 3. The van der Waals surface area contributed by atoms with E-state index in [-0.39, 0.29) is 17.3 Å². The second kappa shape index (κ2) is 5.76. The van der Waals surface area contributed by atoms with Crippen LogP contribution >= 0.6 is 11.8 Å². The molecule has 0 saturated carbocycles. The number of hydrogen-bond donors (Lipinski definition) is 3. The Bertz CT molecular complexity index is 604. The van der Waals surface area contributed by atoms with E-state index in [1.807, 2.05) is 0 Å². The molecule has 1 aromatic carbocycles. The van der Waals surface area contributed by atoms with Crippen LogP contribution in [0.5, 0.6) is 0 Å². The molecule has 5 nitrogen and oxygen atoms in total. The van der Waals surface area contributed by atoms with Gasteiger partial charge in [0.05, 0.1) is 5.56 Å². The monoisotopic (exact) mass is 317 g/mol. The normalized spacial score (nSPS) is 18.5. The zero-order valence-electron chi connectivity index (χ0n) is 10.5. The van der Waals surface area contributed by atoms with Crippen molar-refractivity contribution in [3.8, 4) is 0 Å². The van der Waals surface area contributed by atoms with Crippen molar-refractivity contribution in [3.63, 3.8) is 0 Å². The van der Waals surface area contributed by atoms with Gasteiger partial charge in [-0.15, -0.1) is 0 Å². The van der Waals surface area contributed by atoms with E-state index >= 15 is 0 Å². The van der Waals surface area contributed by atoms with E-state index in [9.17, 15) is 22.8 Å². The van der Waals surface area contributed by atoms with Crippen LogP contribution in [0.2, 0.25) is 0 Å². The molecule has 1 heterocycles. The summed E-state index contributed by atoms with van der Waals surface area (Å²) in [5.41, 5.74) is -0.858. The summed E-state index contributed by atoms with van der Waals surface area (Å²) in [6.45, 7) is 0. The molecule has 2 amide bonds. The number of carbonyl (C=O) groups excluding carboxylic acids is 2. The largest absolute Gasteiger partial charge is 0.416 e. The number of nitrogens with one attached hydrogen (secondary N) is 3. The van der Waals surface area contributed by atoms with Crippen LogP contribution in [0.15, 0.2) is 24.3 Å². The summed E-state index contributed by atoms with van der Waals surface area (Å²) in [4.78, 5) is 23.1. The van der Waals surface area contributed by atoms with Crippen molar-refractivity contribution in [1.29, 1.82) is 5.41 Å². The molecule has 21 heavy (non-hydrogen) atoms. The first-order chi connectivity index (χ1) is 9.75. The highest BCUT2D eigenvalue weighted by molar-refractivity contribution is 8.15. The molecule has 9 heteroatoms. The Labute approximate surface area is 121 Å². The van der Waals surface area contributed by atoms with Crippen molar-refractivity contribution in [1.82, 2.24) is 5.32 Å². The lowest BCUT2D eigenvalue weighted by molar-refractivity contribution is -0.137. The summed E-state index contributed by atoms with van der Waals surface area (Å²) in [5, 5.41) is 11.0. The molecule has 1 unspecified atom stereocenters. The molecule has 0 aromatic heterocycles. The maximum Gasteiger partial charge on any atom is 0.416 e. The van der Waals surface area contributed by atoms with E-state index < -0.39 is 28.8 Å². The molecular formula is C12H10F3N3O2S. The third-order valence-electron chi connectivity index (χ3n) is 2.63. The zero-order chi connectivity index (χ0) is 15.6. The molecule has 1 aliphatic heterocycles. The minimum atomic E-state index is -4.49. The minimum Gasteiger partial charge on any atom is -0.326 e. The molecule has 1 atom stereocenters. The van der Waals surface area contributed by atoms with E-state index in [2.05, 4.69) is 10.6 Å². The molecule has 0 radical (unpaired) electrons. The standard InChI is InChI=1S/C12H10F3N3O2S/c13-12(14,15)6-2-1-3-7(4-6)17-9(19)5-8-10(20)18-11(16)21-8/h1-4,8H,5H2,(H,17,19)(H2,16,18,20). The smallest absolute Gasteiger partial charge is 0.326 e. The molecule has 1 aliphatic rings. The Hall–Kier alpha value is -2.03. The number of benzene rings is 1. The van der Waals surface area contributed by atoms with Gasteiger partial charge in [0.2, 0.25) is 11.8 Å². The number of amides is 2. The van der Waals surface area contributed by atoms with Gasteiger partial charge in [0.25, 0.3) is 0 Å². The molecule has 1 aromatic rings. The number of anilines is 1. The number of hydrogen-bond acceptors (Lipinski definition) is 4. The second-order valence-electron chi connectivity index (χ2n) is 4.26. The minimum absolute atomic E-state index is 0.00769. The highest BCUT2D eigenvalue weighted by atomic mass is 32.2. The van der Waals surface area contributed by atoms with Crippen molar-refractivity contribution in [3.05, 3.63) is 29.8 Å². The van der Waals surface area contributed by atoms with Gasteiger partial charge in [0.15, 0.2) is 5.17 Å². The summed E-state index contributed by atoms with van der Waals surface area (Å²) in [6.07, 6.45) is -4.70. The molecule has 0 spiro atoms. The van der Waals surface area contributed by atoms with E-state index in [1.165, 1.54) is 12.1 Å². The quantitative estimate of drug-likeness (QED) is 0.799. The Balaban J connectivity index is 2.00. The SMILES string of the molecule is N=C1NC(=O)C(CC(=O)Nc2cccc(C(F)(F)F)c2)S1. The number of halogens is 3. The van der Waals surface area contributed by atoms with Gasteiger partial charge in [-0.25, -0.2) is 0 Å². The number of carbonyl (C=O) groups is 2. The van der Waals surface area contributed by atoms with Gasteiger partial charge in [-0.05, 0) is 18.2 Å². The fourth-order valence-corrected chi connectivity index (χ4v) is 2.55. The first-order valence-electron chi connectivity index (χ1n) is 5.79. The molecule has 2 rings (SSSR count). The van der Waals surface area contributed by atoms with E-state index in [0.717, 1.165) is 23.9 Å². The Morgan fingerprint density at radius 3 is 2.71 bits per heavy atom. The number of thioether (sulfide) groups is 1. The van der Waals surface area contributed by atoms with Gasteiger partial charge < -0.3 is 10.6 Å². The maximum atomic E-state index is 12.5. The Kier molecular flexibility index (Phi) is 4.21. The molecule has 1 saturated heterocycles. The van der Waals surface area contributed by atoms with Crippen LogP contribution in [0.25, 0.3) is 0 Å². The molecule has 1 fully saturated rings. The van der Waals surface area contributed by atoms with Crippen molar-refractivity contribution in [2.45, 2.75) is 17.8 Å². The average molecular weight is 317 g/mol. The van der Waals surface area contributed by atoms with Crippen molar-refractivity contribution >= 4 is 34.4 Å². The second-order valence-corrected chi connectivity index (χ2v) is 5.47. The predicted octanol–water partition coefficient (Wildman–Crippen LogP) is 2.20. The number of amidine groups is 1. The van der Waals surface area contributed by atoms with Gasteiger partial charge in [-0.2, -0.15) is 13.2 Å². The first-order valence-corrected chi connectivity index (χ1v) is 6.67. The third-order valence-corrected chi connectivity index (χ3v) is 3.64. The molecular weight excluding hydrogens is 307 g/mol. The maximum absolute atomic E-state index is 12.5. The Morgan fingerprint density at radius 1 is 1.43 bits per heavy atom. The Morgan fingerprint density at radius 2 is 2.14 bits per heavy atom. The molecule has 0 bridgehead atoms. The highest BCUT2D eigenvalue weighted by Crippen LogP contribution is 2.30. The fourth-order valence-electron chi connectivity index (χ4n) is 1.71. The zero-order valence-corrected chi connectivity index (χ0v) is 11.3. The van der Waals surface area contributed by atoms with Crippen LogP contribution in [0.1, 0.15) is 12.0 Å². The van der Waals surface area contributed by atoms with Crippen molar-refractivity contribution in [2.24, 2.45) is 0 Å². The molecule has 112 valence electrons. The lowest BCUT2D eigenvalue weighted by Gasteiger charge is -2.10. The van der Waals surface area contributed by atoms with Crippen LogP contribution in [-0.2, 0) is 15.8 Å². The average Bonchev–Trinajstić information content (AvgIpc) is 2.67. The topological polar surface area (TPSA) is 82.1 Å². The lowest BCUT2D eigenvalue weighted by Crippen LogP contribution is -2.27. The number of rotatable bonds is 3. The molecule has 0 aliphatic carbocycles. The van der Waals surface area contributed by atoms with Crippen LogP contribution in [0, 0.1) is 5.41 Å². The predicted molar refractivity (Wildman–Crippen MR) is 71.9 cm³/mol. The van der Waals surface area contributed by atoms with Crippen LogP contribution in [0.3, 0.4) is 0 Å². The van der Waals surface area contributed by atoms with Gasteiger partial charge in [-0.3, -0.25) is 15.0 Å². The van der Waals surface area contributed by atoms with E-state index in [1.54, 1.807) is 0 Å². The summed E-state index contributed by atoms with van der Waals surface area (Å²) in [5.74, 6) is -1.04. The first kappa shape index (κ1) is 15.4. The third kappa shape index (κ3) is 3.97. The van der Waals surface area contributed by atoms with Gasteiger partial charge >= 0.3 is 6.18 Å². The summed E-state index contributed by atoms with van der Waals surface area (Å²) < 4.78 is 37.6. The van der Waals surface area contributed by atoms with Gasteiger partial charge in [0.1, 0.15) is 5.25 Å². The summed E-state index contributed by atoms with van der Waals surface area (Å²) >= 11 is 0.902. The summed E-state index contributed by atoms with van der Waals surface area (Å²) in [7, 11) is 0.